The summed E-state index contributed by atoms with van der Waals surface area (Å²) in [5.74, 6) is 0.646. The maximum Gasteiger partial charge on any atom is 0.470 e. The van der Waals surface area contributed by atoms with Gasteiger partial charge in [-0.1, -0.05) is 23.4 Å². The zero-order valence-electron chi connectivity index (χ0n) is 24.9. The Morgan fingerprint density at radius 3 is 1.96 bits per heavy atom. The average Bonchev–Trinajstić information content (AvgIpc) is 3.63. The van der Waals surface area contributed by atoms with Crippen molar-refractivity contribution in [1.82, 2.24) is 15.0 Å². The van der Waals surface area contributed by atoms with Crippen molar-refractivity contribution in [3.63, 3.8) is 0 Å². The van der Waals surface area contributed by atoms with E-state index < -0.39 is 91.9 Å². The van der Waals surface area contributed by atoms with E-state index in [0.717, 1.165) is 15.5 Å². The van der Waals surface area contributed by atoms with E-state index in [4.69, 9.17) is 23.5 Å². The Morgan fingerprint density at radius 1 is 0.776 bits per heavy atom. The van der Waals surface area contributed by atoms with Crippen LogP contribution in [-0.4, -0.2) is 129 Å². The molecule has 9 atom stereocenters. The number of benzene rings is 2. The molecule has 0 amide bonds. The van der Waals surface area contributed by atoms with Gasteiger partial charge >= 0.3 is 23.5 Å². The van der Waals surface area contributed by atoms with Gasteiger partial charge in [0.1, 0.15) is 54.2 Å². The van der Waals surface area contributed by atoms with Crippen molar-refractivity contribution in [2.75, 3.05) is 20.3 Å². The standard InChI is InChI=1S/C24H32N3O19P3/c1-40-14-5-4-11-6-13(3-2-12(11)7-14)15-8-27(26-25-15)23-22(46-49(37,38)39)19(16(9-28)41-23)43-24-18(30)21(45-48(34,35)36)20(17(10-29)42-24)44-47(31,32)33/h2-8,16-24,28-30H,9-10H2,1H3,(H2,31,32,33)(H2,34,35,36)(H2,37,38,39)/t16-,17-,18-,19-,20-,21-,22-,23-,24-/m1/s1. The third kappa shape index (κ3) is 9.16. The zero-order valence-corrected chi connectivity index (χ0v) is 27.6. The predicted molar refractivity (Wildman–Crippen MR) is 158 cm³/mol. The minimum absolute atomic E-state index is 0.284. The third-order valence-electron chi connectivity index (χ3n) is 7.44. The number of aliphatic hydroxyl groups excluding tert-OH is 3. The Kier molecular flexibility index (Phi) is 11.4. The quantitative estimate of drug-likeness (QED) is 0.0933. The molecule has 2 aromatic carbocycles. The molecule has 0 spiro atoms. The maximum absolute atomic E-state index is 12.1. The van der Waals surface area contributed by atoms with E-state index in [9.17, 15) is 58.4 Å². The summed E-state index contributed by atoms with van der Waals surface area (Å²) < 4.78 is 72.4. The van der Waals surface area contributed by atoms with Crippen molar-refractivity contribution in [3.8, 4) is 17.0 Å². The molecule has 0 unspecified atom stereocenters. The normalized spacial score (nSPS) is 29.8. The molecule has 2 saturated heterocycles. The number of nitrogens with zero attached hydrogens (tertiary/aromatic N) is 3. The van der Waals surface area contributed by atoms with Gasteiger partial charge in [-0.25, -0.2) is 18.4 Å². The number of phosphoric acid groups is 3. The number of fused-ring (bicyclic) bond motifs is 1. The molecule has 49 heavy (non-hydrogen) atoms. The first kappa shape index (κ1) is 38.0. The van der Waals surface area contributed by atoms with Crippen LogP contribution in [0.3, 0.4) is 0 Å². The Morgan fingerprint density at radius 2 is 1.35 bits per heavy atom. The lowest BCUT2D eigenvalue weighted by atomic mass is 9.99. The van der Waals surface area contributed by atoms with E-state index in [1.54, 1.807) is 24.3 Å². The molecule has 5 rings (SSSR count). The van der Waals surface area contributed by atoms with Crippen molar-refractivity contribution >= 4 is 34.2 Å². The van der Waals surface area contributed by atoms with Crippen LogP contribution in [0.2, 0.25) is 0 Å². The monoisotopic (exact) mass is 759 g/mol. The van der Waals surface area contributed by atoms with Crippen LogP contribution in [0, 0.1) is 0 Å². The Bertz CT molecular complexity index is 1760. The smallest absolute Gasteiger partial charge is 0.470 e. The van der Waals surface area contributed by atoms with Gasteiger partial charge < -0.3 is 63.6 Å². The van der Waals surface area contributed by atoms with E-state index in [2.05, 4.69) is 19.4 Å². The molecule has 2 aliphatic heterocycles. The SMILES string of the molecule is COc1ccc2cc(-c3cn([C@@H]4O[C@H](CO)[C@@H](O[C@H]5O[C@H](CO)[C@@H](OP(=O)(O)O)[C@H](OP(=O)(O)O)[C@H]5O)[C@H]4OP(=O)(O)O)nn3)ccc2c1. The van der Waals surface area contributed by atoms with Crippen molar-refractivity contribution in [3.05, 3.63) is 42.6 Å². The molecule has 3 aromatic rings. The number of methoxy groups -OCH3 is 1. The number of aliphatic hydroxyl groups is 3. The maximum atomic E-state index is 12.1. The van der Waals surface area contributed by atoms with Crippen LogP contribution < -0.4 is 4.74 Å². The Hall–Kier alpha value is -2.27. The third-order valence-corrected chi connectivity index (χ3v) is 9.00. The summed E-state index contributed by atoms with van der Waals surface area (Å²) in [6.45, 7) is -2.02. The highest BCUT2D eigenvalue weighted by Gasteiger charge is 2.56. The lowest BCUT2D eigenvalue weighted by molar-refractivity contribution is -0.313. The summed E-state index contributed by atoms with van der Waals surface area (Å²) in [6.07, 6.45) is -16.2. The second-order valence-corrected chi connectivity index (χ2v) is 14.3. The molecule has 0 aliphatic carbocycles. The van der Waals surface area contributed by atoms with Crippen molar-refractivity contribution in [2.24, 2.45) is 0 Å². The molecule has 3 heterocycles. The largest absolute Gasteiger partial charge is 0.497 e. The van der Waals surface area contributed by atoms with Crippen molar-refractivity contribution in [2.45, 2.75) is 55.2 Å². The molecule has 2 fully saturated rings. The van der Waals surface area contributed by atoms with Crippen LogP contribution in [0.15, 0.2) is 42.6 Å². The number of hydrogen-bond donors (Lipinski definition) is 9. The minimum atomic E-state index is -5.52. The van der Waals surface area contributed by atoms with E-state index in [1.807, 2.05) is 12.1 Å². The summed E-state index contributed by atoms with van der Waals surface area (Å²) in [6, 6.07) is 10.7. The Labute approximate surface area is 275 Å². The molecule has 272 valence electrons. The molecule has 0 radical (unpaired) electrons. The van der Waals surface area contributed by atoms with Gasteiger partial charge in [-0.2, -0.15) is 0 Å². The summed E-state index contributed by atoms with van der Waals surface area (Å²) in [5.41, 5.74) is 0.865. The van der Waals surface area contributed by atoms with Gasteiger partial charge in [0.2, 0.25) is 0 Å². The molecule has 9 N–H and O–H groups in total. The van der Waals surface area contributed by atoms with Crippen LogP contribution in [0.25, 0.3) is 22.0 Å². The highest BCUT2D eigenvalue weighted by molar-refractivity contribution is 7.46. The highest BCUT2D eigenvalue weighted by atomic mass is 31.2. The Balaban J connectivity index is 1.45. The lowest BCUT2D eigenvalue weighted by Gasteiger charge is -2.44. The molecular weight excluding hydrogens is 727 g/mol. The summed E-state index contributed by atoms with van der Waals surface area (Å²) in [5, 5.41) is 40.7. The van der Waals surface area contributed by atoms with E-state index in [-0.39, 0.29) is 5.69 Å². The van der Waals surface area contributed by atoms with Crippen molar-refractivity contribution in [1.29, 1.82) is 0 Å². The lowest BCUT2D eigenvalue weighted by Crippen LogP contribution is -2.61. The first-order valence-corrected chi connectivity index (χ1v) is 18.6. The molecule has 22 nitrogen and oxygen atoms in total. The van der Waals surface area contributed by atoms with E-state index >= 15 is 0 Å². The van der Waals surface area contributed by atoms with E-state index in [1.165, 1.54) is 13.3 Å². The molecule has 0 saturated carbocycles. The van der Waals surface area contributed by atoms with Gasteiger partial charge in [0.25, 0.3) is 0 Å². The van der Waals surface area contributed by atoms with Gasteiger partial charge in [-0.15, -0.1) is 5.10 Å². The molecule has 25 heteroatoms. The van der Waals surface area contributed by atoms with Crippen LogP contribution in [0.1, 0.15) is 6.23 Å². The van der Waals surface area contributed by atoms with Gasteiger partial charge in [-0.05, 0) is 29.0 Å². The first-order valence-electron chi connectivity index (χ1n) is 14.0. The van der Waals surface area contributed by atoms with Gasteiger partial charge in [0, 0.05) is 5.56 Å². The number of rotatable bonds is 13. The second kappa shape index (κ2) is 14.8. The van der Waals surface area contributed by atoms with Crippen LogP contribution >= 0.6 is 23.5 Å². The molecule has 2 aliphatic rings. The van der Waals surface area contributed by atoms with Crippen molar-refractivity contribution < 1.29 is 90.9 Å². The summed E-state index contributed by atoms with van der Waals surface area (Å²) in [7, 11) is -14.8. The first-order chi connectivity index (χ1) is 22.9. The van der Waals surface area contributed by atoms with Crippen LogP contribution in [0.5, 0.6) is 5.75 Å². The minimum Gasteiger partial charge on any atom is -0.497 e. The average molecular weight is 759 g/mol. The zero-order chi connectivity index (χ0) is 35.9. The summed E-state index contributed by atoms with van der Waals surface area (Å²) >= 11 is 0. The van der Waals surface area contributed by atoms with Gasteiger partial charge in [0.15, 0.2) is 12.5 Å². The highest BCUT2D eigenvalue weighted by Crippen LogP contribution is 2.49. The predicted octanol–water partition coefficient (Wildman–Crippen LogP) is -1.11. The molecular formula is C24H32N3O19P3. The number of phosphoric ester groups is 3. The number of hydrogen-bond acceptors (Lipinski definition) is 15. The number of ether oxygens (including phenoxy) is 4. The molecule has 1 aromatic heterocycles. The van der Waals surface area contributed by atoms with E-state index in [0.29, 0.717) is 11.3 Å². The molecule has 0 bridgehead atoms. The van der Waals surface area contributed by atoms with Gasteiger partial charge in [-0.3, -0.25) is 13.6 Å². The van der Waals surface area contributed by atoms with Crippen LogP contribution in [-0.2, 0) is 41.5 Å². The van der Waals surface area contributed by atoms with Crippen LogP contribution in [0.4, 0.5) is 0 Å². The fraction of sp³-hybridized carbons (Fsp3) is 0.500. The topological polar surface area (TPSA) is 329 Å². The second-order valence-electron chi connectivity index (χ2n) is 10.8. The number of aromatic nitrogens is 3. The summed E-state index contributed by atoms with van der Waals surface area (Å²) in [4.78, 5) is 56.9. The fourth-order valence-corrected chi connectivity index (χ4v) is 7.10. The fourth-order valence-electron chi connectivity index (χ4n) is 5.42. The van der Waals surface area contributed by atoms with Gasteiger partial charge in [0.05, 0.1) is 26.5 Å².